The van der Waals surface area contributed by atoms with Gasteiger partial charge in [-0.2, -0.15) is 5.26 Å². The molecule has 5 heteroatoms. The van der Waals surface area contributed by atoms with E-state index in [-0.39, 0.29) is 10.7 Å². The van der Waals surface area contributed by atoms with Gasteiger partial charge in [0.25, 0.3) is 0 Å². The zero-order chi connectivity index (χ0) is 14.6. The fourth-order valence-electron chi connectivity index (χ4n) is 1.71. The first-order valence-electron chi connectivity index (χ1n) is 5.95. The van der Waals surface area contributed by atoms with Gasteiger partial charge in [-0.3, -0.25) is 0 Å². The molecule has 0 atom stereocenters. The maximum Gasteiger partial charge on any atom is 0.192 e. The molecule has 0 bridgehead atoms. The molecule has 0 N–H and O–H groups in total. The lowest BCUT2D eigenvalue weighted by Gasteiger charge is -2.03. The molecule has 1 aromatic carbocycles. The van der Waals surface area contributed by atoms with Gasteiger partial charge in [0.1, 0.15) is 11.0 Å². The monoisotopic (exact) mass is 303 g/mol. The summed E-state index contributed by atoms with van der Waals surface area (Å²) in [5.74, 6) is -0.155. The molecule has 1 heterocycles. The largest absolute Gasteiger partial charge is 0.223 e. The normalized spacial score (nSPS) is 12.1. The van der Waals surface area contributed by atoms with E-state index in [2.05, 4.69) is 0 Å². The average Bonchev–Trinajstić information content (AvgIpc) is 2.82. The molecular weight excluding hydrogens is 290 g/mol. The highest BCUT2D eigenvalue weighted by molar-refractivity contribution is 7.95. The Morgan fingerprint density at radius 1 is 1.30 bits per heavy atom. The lowest BCUT2D eigenvalue weighted by molar-refractivity contribution is 0.602. The SMILES string of the molecule is Cc1ccsc1/C=C(/C#N)S(=O)(=O)Cc1ccccc1. The van der Waals surface area contributed by atoms with Crippen molar-refractivity contribution in [2.75, 3.05) is 0 Å². The number of thiophene rings is 1. The lowest BCUT2D eigenvalue weighted by Crippen LogP contribution is -2.06. The van der Waals surface area contributed by atoms with Crippen molar-refractivity contribution in [2.45, 2.75) is 12.7 Å². The van der Waals surface area contributed by atoms with Crippen LogP contribution in [0.5, 0.6) is 0 Å². The van der Waals surface area contributed by atoms with E-state index in [0.29, 0.717) is 5.56 Å². The number of rotatable bonds is 4. The smallest absolute Gasteiger partial charge is 0.192 e. The Kier molecular flexibility index (Phi) is 4.38. The number of sulfone groups is 1. The zero-order valence-electron chi connectivity index (χ0n) is 10.9. The van der Waals surface area contributed by atoms with Gasteiger partial charge in [-0.25, -0.2) is 8.42 Å². The molecule has 0 amide bonds. The Morgan fingerprint density at radius 2 is 2.00 bits per heavy atom. The van der Waals surface area contributed by atoms with Gasteiger partial charge in [0.15, 0.2) is 9.84 Å². The van der Waals surface area contributed by atoms with Crippen molar-refractivity contribution >= 4 is 27.3 Å². The lowest BCUT2D eigenvalue weighted by atomic mass is 10.2. The van der Waals surface area contributed by atoms with Gasteiger partial charge in [-0.15, -0.1) is 11.3 Å². The Bertz CT molecular complexity index is 766. The molecule has 2 aromatic rings. The summed E-state index contributed by atoms with van der Waals surface area (Å²) in [5, 5.41) is 11.0. The molecule has 20 heavy (non-hydrogen) atoms. The number of benzene rings is 1. The number of nitrogens with zero attached hydrogens (tertiary/aromatic N) is 1. The first kappa shape index (κ1) is 14.5. The Morgan fingerprint density at radius 3 is 2.55 bits per heavy atom. The minimum Gasteiger partial charge on any atom is -0.223 e. The molecule has 0 aliphatic rings. The second kappa shape index (κ2) is 6.04. The number of hydrogen-bond acceptors (Lipinski definition) is 4. The molecule has 0 aliphatic carbocycles. The van der Waals surface area contributed by atoms with Gasteiger partial charge < -0.3 is 0 Å². The highest BCUT2D eigenvalue weighted by Gasteiger charge is 2.19. The summed E-state index contributed by atoms with van der Waals surface area (Å²) in [6, 6.07) is 12.6. The molecule has 0 fully saturated rings. The van der Waals surface area contributed by atoms with E-state index in [4.69, 9.17) is 5.26 Å². The molecule has 2 rings (SSSR count). The van der Waals surface area contributed by atoms with Crippen LogP contribution < -0.4 is 0 Å². The van der Waals surface area contributed by atoms with Crippen molar-refractivity contribution in [2.24, 2.45) is 0 Å². The number of nitriles is 1. The molecule has 0 aliphatic heterocycles. The van der Waals surface area contributed by atoms with Crippen LogP contribution in [-0.4, -0.2) is 8.42 Å². The van der Waals surface area contributed by atoms with Crippen LogP contribution in [0.2, 0.25) is 0 Å². The van der Waals surface area contributed by atoms with Gasteiger partial charge in [-0.1, -0.05) is 30.3 Å². The molecule has 3 nitrogen and oxygen atoms in total. The average molecular weight is 303 g/mol. The predicted octanol–water partition coefficient (Wildman–Crippen LogP) is 3.54. The van der Waals surface area contributed by atoms with Crippen molar-refractivity contribution in [3.8, 4) is 6.07 Å². The first-order chi connectivity index (χ1) is 9.53. The third-order valence-electron chi connectivity index (χ3n) is 2.81. The van der Waals surface area contributed by atoms with Gasteiger partial charge >= 0.3 is 0 Å². The van der Waals surface area contributed by atoms with Crippen molar-refractivity contribution in [3.63, 3.8) is 0 Å². The number of hydrogen-bond donors (Lipinski definition) is 0. The molecule has 0 saturated carbocycles. The minimum absolute atomic E-state index is 0.155. The Labute approximate surface area is 122 Å². The molecule has 0 spiro atoms. The standard InChI is InChI=1S/C15H13NO2S2/c1-12-7-8-19-15(12)9-14(10-16)20(17,18)11-13-5-3-2-4-6-13/h2-9H,11H2,1H3/b14-9-. The maximum absolute atomic E-state index is 12.3. The fourth-order valence-corrected chi connectivity index (χ4v) is 3.87. The van der Waals surface area contributed by atoms with E-state index in [9.17, 15) is 8.42 Å². The van der Waals surface area contributed by atoms with Crippen molar-refractivity contribution in [3.05, 3.63) is 62.7 Å². The van der Waals surface area contributed by atoms with Crippen LogP contribution in [0.25, 0.3) is 6.08 Å². The van der Waals surface area contributed by atoms with E-state index >= 15 is 0 Å². The second-order valence-corrected chi connectivity index (χ2v) is 7.24. The van der Waals surface area contributed by atoms with E-state index in [0.717, 1.165) is 10.4 Å². The summed E-state index contributed by atoms with van der Waals surface area (Å²) < 4.78 is 24.6. The van der Waals surface area contributed by atoms with E-state index in [1.165, 1.54) is 17.4 Å². The highest BCUT2D eigenvalue weighted by Crippen LogP contribution is 2.22. The van der Waals surface area contributed by atoms with Gasteiger partial charge in [0.05, 0.1) is 5.75 Å². The van der Waals surface area contributed by atoms with Crippen LogP contribution in [0.3, 0.4) is 0 Å². The summed E-state index contributed by atoms with van der Waals surface area (Å²) in [5.41, 5.74) is 1.65. The minimum atomic E-state index is -3.61. The Balaban J connectivity index is 2.34. The quantitative estimate of drug-likeness (QED) is 0.812. The number of aryl methyl sites for hydroxylation is 1. The van der Waals surface area contributed by atoms with Crippen LogP contribution in [0.15, 0.2) is 46.7 Å². The zero-order valence-corrected chi connectivity index (χ0v) is 12.5. The molecule has 0 radical (unpaired) electrons. The van der Waals surface area contributed by atoms with E-state index in [1.807, 2.05) is 30.5 Å². The van der Waals surface area contributed by atoms with Crippen LogP contribution in [-0.2, 0) is 15.6 Å². The molecule has 102 valence electrons. The number of allylic oxidation sites excluding steroid dienone is 1. The Hall–Kier alpha value is -1.90. The van der Waals surface area contributed by atoms with Crippen molar-refractivity contribution in [1.29, 1.82) is 5.26 Å². The third-order valence-corrected chi connectivity index (χ3v) is 5.37. The van der Waals surface area contributed by atoms with E-state index in [1.54, 1.807) is 24.3 Å². The fraction of sp³-hybridized carbons (Fsp3) is 0.133. The van der Waals surface area contributed by atoms with Crippen molar-refractivity contribution in [1.82, 2.24) is 0 Å². The summed E-state index contributed by atoms with van der Waals surface area (Å²) in [4.78, 5) is 0.616. The van der Waals surface area contributed by atoms with Crippen LogP contribution >= 0.6 is 11.3 Å². The first-order valence-corrected chi connectivity index (χ1v) is 8.49. The summed E-state index contributed by atoms with van der Waals surface area (Å²) in [6.45, 7) is 1.89. The van der Waals surface area contributed by atoms with E-state index < -0.39 is 9.84 Å². The summed E-state index contributed by atoms with van der Waals surface area (Å²) in [6.07, 6.45) is 1.46. The molecule has 0 saturated heterocycles. The van der Waals surface area contributed by atoms with Crippen LogP contribution in [0.1, 0.15) is 16.0 Å². The third kappa shape index (κ3) is 3.35. The van der Waals surface area contributed by atoms with Gasteiger partial charge in [-0.05, 0) is 35.6 Å². The molecular formula is C15H13NO2S2. The second-order valence-electron chi connectivity index (χ2n) is 4.33. The van der Waals surface area contributed by atoms with Crippen LogP contribution in [0, 0.1) is 18.3 Å². The predicted molar refractivity (Wildman–Crippen MR) is 81.7 cm³/mol. The molecule has 0 unspecified atom stereocenters. The highest BCUT2D eigenvalue weighted by atomic mass is 32.2. The van der Waals surface area contributed by atoms with Crippen LogP contribution in [0.4, 0.5) is 0 Å². The van der Waals surface area contributed by atoms with Gasteiger partial charge in [0.2, 0.25) is 0 Å². The summed E-state index contributed by atoms with van der Waals surface area (Å²) in [7, 11) is -3.61. The maximum atomic E-state index is 12.3. The topological polar surface area (TPSA) is 57.9 Å². The molecule has 1 aromatic heterocycles. The van der Waals surface area contributed by atoms with Crippen molar-refractivity contribution < 1.29 is 8.42 Å². The summed E-state index contributed by atoms with van der Waals surface area (Å²) >= 11 is 1.42. The van der Waals surface area contributed by atoms with Gasteiger partial charge in [0, 0.05) is 4.88 Å².